The van der Waals surface area contributed by atoms with Gasteiger partial charge in [-0.2, -0.15) is 0 Å². The van der Waals surface area contributed by atoms with Gasteiger partial charge in [0.15, 0.2) is 0 Å². The number of carbonyl (C=O) groups is 2. The Morgan fingerprint density at radius 2 is 1.64 bits per heavy atom. The molecule has 0 spiro atoms. The van der Waals surface area contributed by atoms with Crippen LogP contribution in [0.1, 0.15) is 24.8 Å². The number of piperidine rings is 1. The average molecular weight is 470 g/mol. The van der Waals surface area contributed by atoms with Crippen LogP contribution in [0.3, 0.4) is 0 Å². The SMILES string of the molecule is O=C(CCOc1ccccc1)N1CCCC(C(=O)N2CCN(Cc3ccc(Cl)cc3)CC2)C1. The van der Waals surface area contributed by atoms with Crippen molar-refractivity contribution in [2.75, 3.05) is 45.9 Å². The minimum Gasteiger partial charge on any atom is -0.493 e. The second-order valence-electron chi connectivity index (χ2n) is 8.82. The standard InChI is InChI=1S/C26H32ClN3O3/c27-23-10-8-21(9-11-23)19-28-14-16-29(17-15-28)26(32)22-5-4-13-30(20-22)25(31)12-18-33-24-6-2-1-3-7-24/h1-3,6-11,22H,4-5,12-20H2. The largest absolute Gasteiger partial charge is 0.493 e. The molecule has 2 aromatic rings. The van der Waals surface area contributed by atoms with Gasteiger partial charge < -0.3 is 14.5 Å². The van der Waals surface area contributed by atoms with Crippen molar-refractivity contribution in [2.45, 2.75) is 25.8 Å². The van der Waals surface area contributed by atoms with Gasteiger partial charge in [0.25, 0.3) is 0 Å². The van der Waals surface area contributed by atoms with Crippen LogP contribution >= 0.6 is 11.6 Å². The predicted molar refractivity (Wildman–Crippen MR) is 129 cm³/mol. The molecule has 0 saturated carbocycles. The minimum atomic E-state index is -0.0967. The van der Waals surface area contributed by atoms with Crippen LogP contribution in [0.15, 0.2) is 54.6 Å². The Balaban J connectivity index is 1.20. The smallest absolute Gasteiger partial charge is 0.227 e. The molecule has 1 atom stereocenters. The van der Waals surface area contributed by atoms with Gasteiger partial charge in [-0.3, -0.25) is 14.5 Å². The van der Waals surface area contributed by atoms with Crippen LogP contribution < -0.4 is 4.74 Å². The van der Waals surface area contributed by atoms with Gasteiger partial charge in [-0.1, -0.05) is 41.9 Å². The Labute approximate surface area is 201 Å². The lowest BCUT2D eigenvalue weighted by molar-refractivity contribution is -0.142. The normalized spacial score (nSPS) is 19.4. The maximum absolute atomic E-state index is 13.2. The van der Waals surface area contributed by atoms with E-state index < -0.39 is 0 Å². The van der Waals surface area contributed by atoms with Crippen LogP contribution in [0.25, 0.3) is 0 Å². The molecule has 33 heavy (non-hydrogen) atoms. The van der Waals surface area contributed by atoms with E-state index in [2.05, 4.69) is 17.0 Å². The molecule has 2 fully saturated rings. The number of carbonyl (C=O) groups excluding carboxylic acids is 2. The number of para-hydroxylation sites is 1. The van der Waals surface area contributed by atoms with Crippen molar-refractivity contribution in [1.82, 2.24) is 14.7 Å². The van der Waals surface area contributed by atoms with E-state index in [9.17, 15) is 9.59 Å². The van der Waals surface area contributed by atoms with Crippen molar-refractivity contribution in [3.63, 3.8) is 0 Å². The summed E-state index contributed by atoms with van der Waals surface area (Å²) in [4.78, 5) is 32.0. The summed E-state index contributed by atoms with van der Waals surface area (Å²) in [6.45, 7) is 5.67. The highest BCUT2D eigenvalue weighted by molar-refractivity contribution is 6.30. The summed E-state index contributed by atoms with van der Waals surface area (Å²) in [6.07, 6.45) is 2.06. The number of halogens is 1. The summed E-state index contributed by atoms with van der Waals surface area (Å²) in [7, 11) is 0. The van der Waals surface area contributed by atoms with Crippen LogP contribution in [-0.4, -0.2) is 72.4 Å². The maximum atomic E-state index is 13.2. The molecular weight excluding hydrogens is 438 g/mol. The molecule has 0 N–H and O–H groups in total. The van der Waals surface area contributed by atoms with E-state index in [0.29, 0.717) is 19.6 Å². The zero-order valence-corrected chi connectivity index (χ0v) is 19.8. The van der Waals surface area contributed by atoms with Crippen LogP contribution in [0.5, 0.6) is 5.75 Å². The molecular formula is C26H32ClN3O3. The zero-order valence-electron chi connectivity index (χ0n) is 19.0. The highest BCUT2D eigenvalue weighted by Crippen LogP contribution is 2.21. The van der Waals surface area contributed by atoms with Crippen LogP contribution in [0, 0.1) is 5.92 Å². The topological polar surface area (TPSA) is 53.1 Å². The van der Waals surface area contributed by atoms with Crippen molar-refractivity contribution in [2.24, 2.45) is 5.92 Å². The molecule has 2 amide bonds. The quantitative estimate of drug-likeness (QED) is 0.620. The monoisotopic (exact) mass is 469 g/mol. The lowest BCUT2D eigenvalue weighted by Crippen LogP contribution is -2.52. The predicted octanol–water partition coefficient (Wildman–Crippen LogP) is 3.69. The highest BCUT2D eigenvalue weighted by Gasteiger charge is 2.32. The molecule has 0 aliphatic carbocycles. The zero-order chi connectivity index (χ0) is 23.0. The Bertz CT molecular complexity index is 914. The fourth-order valence-electron chi connectivity index (χ4n) is 4.57. The molecule has 6 nitrogen and oxygen atoms in total. The number of nitrogens with zero attached hydrogens (tertiary/aromatic N) is 3. The van der Waals surface area contributed by atoms with Crippen LogP contribution in [-0.2, 0) is 16.1 Å². The van der Waals surface area contributed by atoms with Crippen molar-refractivity contribution < 1.29 is 14.3 Å². The third kappa shape index (κ3) is 6.71. The third-order valence-electron chi connectivity index (χ3n) is 6.45. The molecule has 2 aliphatic heterocycles. The van der Waals surface area contributed by atoms with E-state index in [4.69, 9.17) is 16.3 Å². The van der Waals surface area contributed by atoms with E-state index in [1.54, 1.807) is 0 Å². The van der Waals surface area contributed by atoms with Gasteiger partial charge in [-0.05, 0) is 42.7 Å². The van der Waals surface area contributed by atoms with Gasteiger partial charge in [0.1, 0.15) is 5.75 Å². The number of hydrogen-bond acceptors (Lipinski definition) is 4. The summed E-state index contributed by atoms with van der Waals surface area (Å²) in [5, 5.41) is 0.748. The van der Waals surface area contributed by atoms with Crippen LogP contribution in [0.2, 0.25) is 5.02 Å². The van der Waals surface area contributed by atoms with Gasteiger partial charge in [0, 0.05) is 50.8 Å². The van der Waals surface area contributed by atoms with E-state index in [-0.39, 0.29) is 17.7 Å². The van der Waals surface area contributed by atoms with Gasteiger partial charge >= 0.3 is 0 Å². The van der Waals surface area contributed by atoms with Crippen molar-refractivity contribution in [1.29, 1.82) is 0 Å². The number of hydrogen-bond donors (Lipinski definition) is 0. The Morgan fingerprint density at radius 1 is 0.909 bits per heavy atom. The molecule has 2 heterocycles. The summed E-state index contributed by atoms with van der Waals surface area (Å²) in [5.41, 5.74) is 1.23. The summed E-state index contributed by atoms with van der Waals surface area (Å²) < 4.78 is 5.66. The summed E-state index contributed by atoms with van der Waals surface area (Å²) in [6, 6.07) is 17.5. The number of ether oxygens (including phenoxy) is 1. The fourth-order valence-corrected chi connectivity index (χ4v) is 4.69. The summed E-state index contributed by atoms with van der Waals surface area (Å²) in [5.74, 6) is 0.933. The summed E-state index contributed by atoms with van der Waals surface area (Å²) >= 11 is 5.97. The number of amides is 2. The molecule has 7 heteroatoms. The van der Waals surface area contributed by atoms with E-state index in [0.717, 1.165) is 62.9 Å². The lowest BCUT2D eigenvalue weighted by Gasteiger charge is -2.39. The molecule has 4 rings (SSSR count). The first-order valence-corrected chi connectivity index (χ1v) is 12.2. The average Bonchev–Trinajstić information content (AvgIpc) is 2.86. The number of piperazine rings is 1. The van der Waals surface area contributed by atoms with Crippen molar-refractivity contribution >= 4 is 23.4 Å². The molecule has 2 aliphatic rings. The highest BCUT2D eigenvalue weighted by atomic mass is 35.5. The molecule has 2 saturated heterocycles. The Hall–Kier alpha value is -2.57. The van der Waals surface area contributed by atoms with Crippen molar-refractivity contribution in [3.8, 4) is 5.75 Å². The molecule has 0 radical (unpaired) electrons. The molecule has 1 unspecified atom stereocenters. The fraction of sp³-hybridized carbons (Fsp3) is 0.462. The van der Waals surface area contributed by atoms with E-state index in [1.807, 2.05) is 52.3 Å². The number of rotatable bonds is 7. The van der Waals surface area contributed by atoms with Gasteiger partial charge in [-0.25, -0.2) is 0 Å². The van der Waals surface area contributed by atoms with E-state index in [1.165, 1.54) is 5.56 Å². The van der Waals surface area contributed by atoms with Gasteiger partial charge in [-0.15, -0.1) is 0 Å². The first-order valence-electron chi connectivity index (χ1n) is 11.8. The van der Waals surface area contributed by atoms with Crippen LogP contribution in [0.4, 0.5) is 0 Å². The lowest BCUT2D eigenvalue weighted by atomic mass is 9.96. The molecule has 176 valence electrons. The minimum absolute atomic E-state index is 0.0659. The third-order valence-corrected chi connectivity index (χ3v) is 6.71. The molecule has 0 aromatic heterocycles. The Morgan fingerprint density at radius 3 is 2.36 bits per heavy atom. The van der Waals surface area contributed by atoms with Crippen molar-refractivity contribution in [3.05, 3.63) is 65.2 Å². The maximum Gasteiger partial charge on any atom is 0.227 e. The van der Waals surface area contributed by atoms with E-state index >= 15 is 0 Å². The number of likely N-dealkylation sites (tertiary alicyclic amines) is 1. The van der Waals surface area contributed by atoms with Gasteiger partial charge in [0.05, 0.1) is 18.9 Å². The first-order chi connectivity index (χ1) is 16.1. The van der Waals surface area contributed by atoms with Gasteiger partial charge in [0.2, 0.25) is 11.8 Å². The Kier molecular flexibility index (Phi) is 8.24. The second-order valence-corrected chi connectivity index (χ2v) is 9.25. The number of benzene rings is 2. The first kappa shape index (κ1) is 23.6. The molecule has 2 aromatic carbocycles. The molecule has 0 bridgehead atoms. The second kappa shape index (κ2) is 11.5.